The van der Waals surface area contributed by atoms with E-state index in [9.17, 15) is 4.79 Å². The van der Waals surface area contributed by atoms with Crippen molar-refractivity contribution in [1.29, 1.82) is 0 Å². The number of hydrogen-bond acceptors (Lipinski definition) is 1. The SMILES string of the molecule is O=C(C(Cl)(Cl)c1ccccc1Cl)C(Cl)(Cl)c1ccccc1Cl. The Bertz CT molecular complexity index is 651. The Morgan fingerprint density at radius 2 is 1.00 bits per heavy atom. The summed E-state index contributed by atoms with van der Waals surface area (Å²) >= 11 is 37.0. The molecule has 0 aliphatic carbocycles. The maximum absolute atomic E-state index is 12.7. The summed E-state index contributed by atoms with van der Waals surface area (Å²) in [4.78, 5) is 12.7. The Hall–Kier alpha value is -0.150. The fraction of sp³-hybridized carbons (Fsp3) is 0.133. The zero-order valence-corrected chi connectivity index (χ0v) is 15.3. The highest BCUT2D eigenvalue weighted by Gasteiger charge is 2.50. The van der Waals surface area contributed by atoms with E-state index >= 15 is 0 Å². The second kappa shape index (κ2) is 6.76. The van der Waals surface area contributed by atoms with E-state index in [-0.39, 0.29) is 21.2 Å². The summed E-state index contributed by atoms with van der Waals surface area (Å²) in [6.45, 7) is 0. The molecule has 0 fully saturated rings. The van der Waals surface area contributed by atoms with E-state index in [2.05, 4.69) is 0 Å². The molecule has 0 bridgehead atoms. The second-order valence-electron chi connectivity index (χ2n) is 4.44. The summed E-state index contributed by atoms with van der Waals surface area (Å²) in [6.07, 6.45) is 0. The van der Waals surface area contributed by atoms with Gasteiger partial charge in [0.1, 0.15) is 0 Å². The van der Waals surface area contributed by atoms with Crippen molar-refractivity contribution in [3.8, 4) is 0 Å². The van der Waals surface area contributed by atoms with Crippen molar-refractivity contribution in [3.63, 3.8) is 0 Å². The first-order valence-electron chi connectivity index (χ1n) is 5.99. The van der Waals surface area contributed by atoms with Crippen LogP contribution in [0.4, 0.5) is 0 Å². The number of benzene rings is 2. The molecule has 2 rings (SSSR count). The maximum Gasteiger partial charge on any atom is 0.213 e. The molecule has 0 atom stereocenters. The summed E-state index contributed by atoms with van der Waals surface area (Å²) < 4.78 is -4.05. The Kier molecular flexibility index (Phi) is 5.59. The van der Waals surface area contributed by atoms with Gasteiger partial charge >= 0.3 is 0 Å². The molecule has 0 aromatic heterocycles. The van der Waals surface area contributed by atoms with E-state index in [1.165, 1.54) is 12.1 Å². The maximum atomic E-state index is 12.7. The number of Topliss-reactive ketones (excluding diaryl/α,β-unsaturated/α-hetero) is 1. The van der Waals surface area contributed by atoms with Crippen molar-refractivity contribution in [3.05, 3.63) is 69.7 Å². The van der Waals surface area contributed by atoms with Gasteiger partial charge in [-0.05, 0) is 12.1 Å². The molecule has 0 saturated heterocycles. The molecule has 1 nitrogen and oxygen atoms in total. The number of hydrogen-bond donors (Lipinski definition) is 0. The van der Waals surface area contributed by atoms with E-state index < -0.39 is 14.4 Å². The molecule has 7 heteroatoms. The minimum Gasteiger partial charge on any atom is -0.292 e. The number of alkyl halides is 4. The van der Waals surface area contributed by atoms with E-state index in [4.69, 9.17) is 69.6 Å². The van der Waals surface area contributed by atoms with Gasteiger partial charge in [-0.2, -0.15) is 0 Å². The highest BCUT2D eigenvalue weighted by Crippen LogP contribution is 2.49. The largest absolute Gasteiger partial charge is 0.292 e. The molecule has 2 aromatic rings. The third-order valence-corrected chi connectivity index (χ3v) is 5.15. The molecule has 0 unspecified atom stereocenters. The van der Waals surface area contributed by atoms with Crippen LogP contribution in [0.3, 0.4) is 0 Å². The molecule has 22 heavy (non-hydrogen) atoms. The lowest BCUT2D eigenvalue weighted by molar-refractivity contribution is -0.120. The van der Waals surface area contributed by atoms with Gasteiger partial charge in [-0.1, -0.05) is 106 Å². The Morgan fingerprint density at radius 3 is 1.32 bits per heavy atom. The first-order valence-corrected chi connectivity index (χ1v) is 8.26. The van der Waals surface area contributed by atoms with Crippen LogP contribution in [0.5, 0.6) is 0 Å². The van der Waals surface area contributed by atoms with Gasteiger partial charge in [-0.3, -0.25) is 4.79 Å². The van der Waals surface area contributed by atoms with Crippen LogP contribution >= 0.6 is 69.6 Å². The van der Waals surface area contributed by atoms with Crippen LogP contribution in [0, 0.1) is 0 Å². The molecule has 2 aromatic carbocycles. The fourth-order valence-electron chi connectivity index (χ4n) is 1.87. The highest BCUT2D eigenvalue weighted by atomic mass is 35.5. The summed E-state index contributed by atoms with van der Waals surface area (Å²) in [7, 11) is 0. The molecule has 0 spiro atoms. The van der Waals surface area contributed by atoms with Crippen molar-refractivity contribution in [2.24, 2.45) is 0 Å². The highest BCUT2D eigenvalue weighted by molar-refractivity contribution is 6.68. The summed E-state index contributed by atoms with van der Waals surface area (Å²) in [5.74, 6) is -0.854. The monoisotopic (exact) mass is 414 g/mol. The third-order valence-electron chi connectivity index (χ3n) is 2.99. The summed E-state index contributed by atoms with van der Waals surface area (Å²) in [6, 6.07) is 12.8. The van der Waals surface area contributed by atoms with E-state index in [1.54, 1.807) is 36.4 Å². The van der Waals surface area contributed by atoms with Crippen LogP contribution in [0.1, 0.15) is 11.1 Å². The zero-order valence-electron chi connectivity index (χ0n) is 10.8. The predicted octanol–water partition coefficient (Wildman–Crippen LogP) is 6.52. The van der Waals surface area contributed by atoms with Crippen LogP contribution in [-0.2, 0) is 13.5 Å². The van der Waals surface area contributed by atoms with Crippen LogP contribution in [0.25, 0.3) is 0 Å². The molecule has 0 saturated carbocycles. The zero-order chi connectivity index (χ0) is 16.5. The molecule has 0 aliphatic heterocycles. The number of carbonyl (C=O) groups is 1. The molecule has 0 amide bonds. The number of rotatable bonds is 4. The van der Waals surface area contributed by atoms with Gasteiger partial charge in [0.05, 0.1) is 0 Å². The first-order chi connectivity index (χ1) is 10.2. The Labute approximate surface area is 158 Å². The molecule has 0 radical (unpaired) electrons. The summed E-state index contributed by atoms with van der Waals surface area (Å²) in [5.41, 5.74) is 0.394. The molecular formula is C15H8Cl6O. The van der Waals surface area contributed by atoms with Crippen LogP contribution in [0.15, 0.2) is 48.5 Å². The minimum atomic E-state index is -2.03. The number of halogens is 6. The van der Waals surface area contributed by atoms with Gasteiger partial charge in [0.25, 0.3) is 0 Å². The van der Waals surface area contributed by atoms with Crippen LogP contribution < -0.4 is 0 Å². The van der Waals surface area contributed by atoms with Gasteiger partial charge in [-0.15, -0.1) is 0 Å². The number of ketones is 1. The van der Waals surface area contributed by atoms with Crippen molar-refractivity contribution in [2.75, 3.05) is 0 Å². The second-order valence-corrected chi connectivity index (χ2v) is 7.91. The molecule has 116 valence electrons. The minimum absolute atomic E-state index is 0.197. The normalized spacial score (nSPS) is 12.3. The lowest BCUT2D eigenvalue weighted by atomic mass is 10.0. The molecule has 0 heterocycles. The lowest BCUT2D eigenvalue weighted by Gasteiger charge is -2.28. The quantitative estimate of drug-likeness (QED) is 0.518. The standard InChI is InChI=1S/C15H8Cl6O/c16-11-7-3-1-5-9(11)14(18,19)13(22)15(20,21)10-6-2-4-8-12(10)17/h1-8H. The first kappa shape index (κ1) is 18.2. The smallest absolute Gasteiger partial charge is 0.213 e. The lowest BCUT2D eigenvalue weighted by Crippen LogP contribution is -2.36. The van der Waals surface area contributed by atoms with Gasteiger partial charge < -0.3 is 0 Å². The van der Waals surface area contributed by atoms with Gasteiger partial charge in [0.2, 0.25) is 14.4 Å². The molecule has 0 aliphatic rings. The number of carbonyl (C=O) groups excluding carboxylic acids is 1. The third kappa shape index (κ3) is 3.36. The molecule has 0 N–H and O–H groups in total. The van der Waals surface area contributed by atoms with Crippen molar-refractivity contribution in [1.82, 2.24) is 0 Å². The summed E-state index contributed by atoms with van der Waals surface area (Å²) in [5, 5.41) is 0.452. The average molecular weight is 417 g/mol. The van der Waals surface area contributed by atoms with Crippen LogP contribution in [-0.4, -0.2) is 5.78 Å². The van der Waals surface area contributed by atoms with E-state index in [1.807, 2.05) is 0 Å². The Balaban J connectivity index is 2.50. The van der Waals surface area contributed by atoms with Gasteiger partial charge in [0.15, 0.2) is 0 Å². The average Bonchev–Trinajstić information content (AvgIpc) is 2.47. The van der Waals surface area contributed by atoms with Crippen LogP contribution in [0.2, 0.25) is 10.0 Å². The van der Waals surface area contributed by atoms with Gasteiger partial charge in [0, 0.05) is 21.2 Å². The predicted molar refractivity (Wildman–Crippen MR) is 94.7 cm³/mol. The van der Waals surface area contributed by atoms with E-state index in [0.29, 0.717) is 0 Å². The van der Waals surface area contributed by atoms with Crippen molar-refractivity contribution in [2.45, 2.75) is 8.67 Å². The van der Waals surface area contributed by atoms with Gasteiger partial charge in [-0.25, -0.2) is 0 Å². The van der Waals surface area contributed by atoms with E-state index in [0.717, 1.165) is 0 Å². The Morgan fingerprint density at radius 1 is 0.682 bits per heavy atom. The topological polar surface area (TPSA) is 17.1 Å². The molecular weight excluding hydrogens is 409 g/mol. The fourth-order valence-corrected chi connectivity index (χ4v) is 4.04. The van der Waals surface area contributed by atoms with Crippen molar-refractivity contribution < 1.29 is 4.79 Å². The van der Waals surface area contributed by atoms with Crippen molar-refractivity contribution >= 4 is 75.4 Å².